The molecular formula is C20H30FNO. The summed E-state index contributed by atoms with van der Waals surface area (Å²) in [5, 5.41) is 11.3. The van der Waals surface area contributed by atoms with Crippen LogP contribution in [0.4, 0.5) is 4.39 Å². The van der Waals surface area contributed by atoms with E-state index in [0.29, 0.717) is 5.56 Å². The summed E-state index contributed by atoms with van der Waals surface area (Å²) in [4.78, 5) is 2.52. The molecule has 0 radical (unpaired) electrons. The molecule has 0 amide bonds. The first kappa shape index (κ1) is 16.9. The second kappa shape index (κ2) is 7.76. The summed E-state index contributed by atoms with van der Waals surface area (Å²) >= 11 is 0. The van der Waals surface area contributed by atoms with Crippen molar-refractivity contribution in [2.75, 3.05) is 19.6 Å². The molecule has 0 spiro atoms. The first-order valence-electron chi connectivity index (χ1n) is 9.38. The number of halogens is 1. The maximum absolute atomic E-state index is 14.2. The molecule has 1 saturated heterocycles. The topological polar surface area (TPSA) is 23.5 Å². The summed E-state index contributed by atoms with van der Waals surface area (Å²) in [5.74, 6) is -0.201. The molecule has 0 aromatic heterocycles. The molecule has 1 N–H and O–H groups in total. The first-order valence-corrected chi connectivity index (χ1v) is 9.38. The summed E-state index contributed by atoms with van der Waals surface area (Å²) in [5.41, 5.74) is -0.0105. The molecular weight excluding hydrogens is 289 g/mol. The highest BCUT2D eigenvalue weighted by Gasteiger charge is 2.40. The van der Waals surface area contributed by atoms with E-state index in [1.54, 1.807) is 6.07 Å². The van der Waals surface area contributed by atoms with Gasteiger partial charge in [0.05, 0.1) is 5.60 Å². The van der Waals surface area contributed by atoms with E-state index in [1.165, 1.54) is 38.4 Å². The van der Waals surface area contributed by atoms with Gasteiger partial charge >= 0.3 is 0 Å². The third-order valence-corrected chi connectivity index (χ3v) is 5.81. The predicted molar refractivity (Wildman–Crippen MR) is 92.1 cm³/mol. The Morgan fingerprint density at radius 1 is 1.09 bits per heavy atom. The van der Waals surface area contributed by atoms with Gasteiger partial charge in [-0.1, -0.05) is 37.5 Å². The van der Waals surface area contributed by atoms with Crippen molar-refractivity contribution < 1.29 is 9.50 Å². The van der Waals surface area contributed by atoms with Gasteiger partial charge in [-0.05, 0) is 69.8 Å². The quantitative estimate of drug-likeness (QED) is 0.865. The van der Waals surface area contributed by atoms with Crippen LogP contribution < -0.4 is 0 Å². The van der Waals surface area contributed by atoms with Gasteiger partial charge in [-0.25, -0.2) is 4.39 Å². The summed E-state index contributed by atoms with van der Waals surface area (Å²) in [6.45, 7) is 3.48. The van der Waals surface area contributed by atoms with Crippen molar-refractivity contribution >= 4 is 0 Å². The second-order valence-electron chi connectivity index (χ2n) is 7.43. The van der Waals surface area contributed by atoms with Crippen molar-refractivity contribution in [1.29, 1.82) is 0 Å². The number of likely N-dealkylation sites (tertiary alicyclic amines) is 1. The Kier molecular flexibility index (Phi) is 5.71. The van der Waals surface area contributed by atoms with Crippen molar-refractivity contribution in [3.8, 4) is 0 Å². The van der Waals surface area contributed by atoms with Gasteiger partial charge in [0.15, 0.2) is 0 Å². The Hall–Kier alpha value is -0.930. The van der Waals surface area contributed by atoms with Crippen LogP contribution in [-0.2, 0) is 0 Å². The fourth-order valence-corrected chi connectivity index (χ4v) is 4.52. The van der Waals surface area contributed by atoms with Crippen LogP contribution in [0.1, 0.15) is 69.3 Å². The highest BCUT2D eigenvalue weighted by Crippen LogP contribution is 2.44. The maximum Gasteiger partial charge on any atom is 0.126 e. The number of nitrogens with zero attached hydrogens (tertiary/aromatic N) is 1. The lowest BCUT2D eigenvalue weighted by atomic mass is 9.70. The fourth-order valence-electron chi connectivity index (χ4n) is 4.52. The molecule has 3 rings (SSSR count). The van der Waals surface area contributed by atoms with E-state index in [4.69, 9.17) is 0 Å². The largest absolute Gasteiger partial charge is 0.389 e. The van der Waals surface area contributed by atoms with Crippen LogP contribution in [0.2, 0.25) is 0 Å². The van der Waals surface area contributed by atoms with E-state index in [1.807, 2.05) is 12.1 Å². The molecule has 2 unspecified atom stereocenters. The lowest BCUT2D eigenvalue weighted by molar-refractivity contribution is -0.0287. The zero-order valence-electron chi connectivity index (χ0n) is 14.1. The fraction of sp³-hybridized carbons (Fsp3) is 0.700. The Morgan fingerprint density at radius 2 is 1.87 bits per heavy atom. The van der Waals surface area contributed by atoms with Gasteiger partial charge in [0.25, 0.3) is 0 Å². The second-order valence-corrected chi connectivity index (χ2v) is 7.43. The Bertz CT molecular complexity index is 500. The molecule has 1 aliphatic heterocycles. The number of hydrogen-bond acceptors (Lipinski definition) is 2. The van der Waals surface area contributed by atoms with Crippen LogP contribution in [0, 0.1) is 5.82 Å². The summed E-state index contributed by atoms with van der Waals surface area (Å²) in [6.07, 6.45) is 9.65. The van der Waals surface area contributed by atoms with Crippen molar-refractivity contribution in [2.45, 2.75) is 69.3 Å². The van der Waals surface area contributed by atoms with E-state index in [9.17, 15) is 9.50 Å². The number of piperidine rings is 1. The van der Waals surface area contributed by atoms with Crippen LogP contribution in [-0.4, -0.2) is 35.2 Å². The van der Waals surface area contributed by atoms with Gasteiger partial charge < -0.3 is 10.0 Å². The number of benzene rings is 1. The van der Waals surface area contributed by atoms with Crippen LogP contribution in [0.15, 0.2) is 24.3 Å². The minimum atomic E-state index is -0.726. The van der Waals surface area contributed by atoms with Crippen LogP contribution >= 0.6 is 0 Å². The average molecular weight is 319 g/mol. The molecule has 2 aliphatic rings. The van der Waals surface area contributed by atoms with E-state index < -0.39 is 5.60 Å². The van der Waals surface area contributed by atoms with Gasteiger partial charge in [-0.15, -0.1) is 0 Å². The lowest BCUT2D eigenvalue weighted by Crippen LogP contribution is -2.40. The van der Waals surface area contributed by atoms with Gasteiger partial charge in [-0.3, -0.25) is 0 Å². The molecule has 1 aromatic carbocycles. The number of aliphatic hydroxyl groups is 1. The molecule has 2 fully saturated rings. The molecule has 23 heavy (non-hydrogen) atoms. The van der Waals surface area contributed by atoms with E-state index in [0.717, 1.165) is 45.1 Å². The predicted octanol–water partition coefficient (Wildman–Crippen LogP) is 4.48. The highest BCUT2D eigenvalue weighted by molar-refractivity contribution is 5.25. The molecule has 2 nitrogen and oxygen atoms in total. The zero-order valence-corrected chi connectivity index (χ0v) is 14.1. The normalized spacial score (nSPS) is 29.6. The molecule has 1 aliphatic carbocycles. The molecule has 1 saturated carbocycles. The Labute approximate surface area is 139 Å². The summed E-state index contributed by atoms with van der Waals surface area (Å²) in [6, 6.07) is 7.01. The summed E-state index contributed by atoms with van der Waals surface area (Å²) in [7, 11) is 0. The SMILES string of the molecule is OC1(CCCN2CCCCC2)CCCCC1c1ccccc1F. The van der Waals surface area contributed by atoms with Gasteiger partial charge in [0, 0.05) is 5.92 Å². The zero-order chi connectivity index (χ0) is 16.1. The average Bonchev–Trinajstić information content (AvgIpc) is 2.57. The molecule has 128 valence electrons. The number of rotatable bonds is 5. The third-order valence-electron chi connectivity index (χ3n) is 5.81. The molecule has 3 heteroatoms. The molecule has 1 heterocycles. The third kappa shape index (κ3) is 4.13. The van der Waals surface area contributed by atoms with Crippen LogP contribution in [0.3, 0.4) is 0 Å². The van der Waals surface area contributed by atoms with Gasteiger partial charge in [0.1, 0.15) is 5.82 Å². The van der Waals surface area contributed by atoms with Crippen molar-refractivity contribution in [1.82, 2.24) is 4.90 Å². The molecule has 0 bridgehead atoms. The smallest absolute Gasteiger partial charge is 0.126 e. The first-order chi connectivity index (χ1) is 11.2. The van der Waals surface area contributed by atoms with E-state index in [2.05, 4.69) is 4.90 Å². The minimum absolute atomic E-state index is 0.0428. The highest BCUT2D eigenvalue weighted by atomic mass is 19.1. The van der Waals surface area contributed by atoms with E-state index in [-0.39, 0.29) is 11.7 Å². The van der Waals surface area contributed by atoms with Crippen LogP contribution in [0.25, 0.3) is 0 Å². The standard InChI is InChI=1S/C20H30FNO/c21-19-11-3-2-9-17(19)18-10-4-5-12-20(18,23)13-8-16-22-14-6-1-7-15-22/h2-3,9,11,18,23H,1,4-8,10,12-16H2. The van der Waals surface area contributed by atoms with Crippen molar-refractivity contribution in [3.05, 3.63) is 35.6 Å². The maximum atomic E-state index is 14.2. The van der Waals surface area contributed by atoms with E-state index >= 15 is 0 Å². The minimum Gasteiger partial charge on any atom is -0.389 e. The van der Waals surface area contributed by atoms with Crippen molar-refractivity contribution in [3.63, 3.8) is 0 Å². The lowest BCUT2D eigenvalue weighted by Gasteiger charge is -2.41. The van der Waals surface area contributed by atoms with Gasteiger partial charge in [-0.2, -0.15) is 0 Å². The van der Waals surface area contributed by atoms with Crippen LogP contribution in [0.5, 0.6) is 0 Å². The Balaban J connectivity index is 1.63. The number of hydrogen-bond donors (Lipinski definition) is 1. The summed E-state index contributed by atoms with van der Waals surface area (Å²) < 4.78 is 14.2. The molecule has 2 atom stereocenters. The monoisotopic (exact) mass is 319 g/mol. The molecule has 1 aromatic rings. The van der Waals surface area contributed by atoms with Crippen molar-refractivity contribution in [2.24, 2.45) is 0 Å². The Morgan fingerprint density at radius 3 is 2.65 bits per heavy atom. The van der Waals surface area contributed by atoms with Gasteiger partial charge in [0.2, 0.25) is 0 Å².